The highest BCUT2D eigenvalue weighted by atomic mass is 15.3. The number of hydrogen-bond acceptors (Lipinski definition) is 1. The van der Waals surface area contributed by atoms with Crippen molar-refractivity contribution < 1.29 is 0 Å². The number of aromatic nitrogens is 2. The number of benzene rings is 4. The minimum atomic E-state index is -0.100. The van der Waals surface area contributed by atoms with Crippen molar-refractivity contribution in [3.8, 4) is 0 Å². The van der Waals surface area contributed by atoms with Gasteiger partial charge >= 0.3 is 0 Å². The van der Waals surface area contributed by atoms with E-state index in [2.05, 4.69) is 155 Å². The number of rotatable bonds is 5. The van der Waals surface area contributed by atoms with Gasteiger partial charge in [-0.1, -0.05) is 104 Å². The van der Waals surface area contributed by atoms with Crippen molar-refractivity contribution in [2.75, 3.05) is 0 Å². The normalized spacial score (nSPS) is 15.6. The molecule has 0 spiro atoms. The third kappa shape index (κ3) is 3.66. The number of nitrogens with one attached hydrogen (secondary N) is 1. The minimum absolute atomic E-state index is 0.100. The van der Waals surface area contributed by atoms with Crippen molar-refractivity contribution in [2.45, 2.75) is 13.1 Å². The Morgan fingerprint density at radius 3 is 1.95 bits per heavy atom. The molecule has 0 amide bonds. The molecule has 1 atom stereocenters. The van der Waals surface area contributed by atoms with Gasteiger partial charge in [-0.3, -0.25) is 4.57 Å². The summed E-state index contributed by atoms with van der Waals surface area (Å²) in [7, 11) is 0. The van der Waals surface area contributed by atoms with Gasteiger partial charge < -0.3 is 9.88 Å². The molecule has 0 saturated heterocycles. The summed E-state index contributed by atoms with van der Waals surface area (Å²) in [5, 5.41) is 7.63. The van der Waals surface area contributed by atoms with Crippen molar-refractivity contribution in [1.29, 1.82) is 0 Å². The molecule has 3 heterocycles. The second-order valence-corrected chi connectivity index (χ2v) is 9.87. The zero-order valence-electron chi connectivity index (χ0n) is 21.9. The molecule has 1 aliphatic heterocycles. The lowest BCUT2D eigenvalue weighted by atomic mass is 10.0. The molecule has 39 heavy (non-hydrogen) atoms. The van der Waals surface area contributed by atoms with E-state index in [9.17, 15) is 0 Å². The van der Waals surface area contributed by atoms with E-state index in [-0.39, 0.29) is 6.17 Å². The number of para-hydroxylation sites is 3. The third-order valence-corrected chi connectivity index (χ3v) is 7.65. The largest absolute Gasteiger partial charge is 0.347 e. The van der Waals surface area contributed by atoms with E-state index < -0.39 is 0 Å². The number of dihydropyridines is 1. The van der Waals surface area contributed by atoms with Gasteiger partial charge in [0.05, 0.1) is 22.2 Å². The zero-order valence-corrected chi connectivity index (χ0v) is 21.9. The number of fused-ring (bicyclic) bond motifs is 4. The monoisotopic (exact) mass is 503 g/mol. The Kier molecular flexibility index (Phi) is 5.56. The lowest BCUT2D eigenvalue weighted by Crippen LogP contribution is -2.29. The molecule has 3 nitrogen and oxygen atoms in total. The van der Waals surface area contributed by atoms with Gasteiger partial charge in [0.15, 0.2) is 0 Å². The summed E-state index contributed by atoms with van der Waals surface area (Å²) >= 11 is 0. The van der Waals surface area contributed by atoms with Gasteiger partial charge in [0.1, 0.15) is 12.0 Å². The van der Waals surface area contributed by atoms with Gasteiger partial charge in [0.25, 0.3) is 0 Å². The summed E-state index contributed by atoms with van der Waals surface area (Å²) in [6, 6.07) is 36.6. The highest BCUT2D eigenvalue weighted by Gasteiger charge is 2.24. The standard InChI is InChI=1S/C36H29N3/c1-3-14-31-27(4-2)28-17-8-11-20-32(28)38(31)35-23-26(25-15-6-5-7-16-25)24-36(37-35)39-33-21-12-9-18-29(33)30-19-10-13-22-34(30)39/h3-24,36-37H,2H2,1H3/b14-3-/t36-/m0/s1. The average molecular weight is 504 g/mol. The van der Waals surface area contributed by atoms with Crippen LogP contribution in [0.1, 0.15) is 29.9 Å². The van der Waals surface area contributed by atoms with Gasteiger partial charge in [0.2, 0.25) is 0 Å². The van der Waals surface area contributed by atoms with E-state index in [4.69, 9.17) is 0 Å². The first kappa shape index (κ1) is 23.1. The van der Waals surface area contributed by atoms with E-state index >= 15 is 0 Å². The first-order valence-electron chi connectivity index (χ1n) is 13.4. The Balaban J connectivity index is 1.51. The van der Waals surface area contributed by atoms with E-state index in [1.165, 1.54) is 38.3 Å². The average Bonchev–Trinajstić information content (AvgIpc) is 3.50. The maximum atomic E-state index is 4.17. The van der Waals surface area contributed by atoms with Gasteiger partial charge in [0, 0.05) is 21.7 Å². The van der Waals surface area contributed by atoms with E-state index in [1.807, 2.05) is 6.08 Å². The molecule has 3 heteroatoms. The number of hydrogen-bond donors (Lipinski definition) is 1. The first-order valence-corrected chi connectivity index (χ1v) is 13.4. The Hall–Kier alpha value is -5.02. The van der Waals surface area contributed by atoms with Crippen LogP contribution in [0.15, 0.2) is 128 Å². The summed E-state index contributed by atoms with van der Waals surface area (Å²) in [4.78, 5) is 0. The second kappa shape index (κ2) is 9.38. The summed E-state index contributed by atoms with van der Waals surface area (Å²) in [6.07, 6.45) is 10.8. The van der Waals surface area contributed by atoms with Crippen LogP contribution in [0.4, 0.5) is 0 Å². The Morgan fingerprint density at radius 2 is 1.31 bits per heavy atom. The van der Waals surface area contributed by atoms with Crippen LogP contribution in [0.3, 0.4) is 0 Å². The van der Waals surface area contributed by atoms with Crippen LogP contribution < -0.4 is 5.32 Å². The zero-order chi connectivity index (χ0) is 26.3. The molecule has 7 rings (SSSR count). The Morgan fingerprint density at radius 1 is 0.718 bits per heavy atom. The molecule has 2 aromatic heterocycles. The minimum Gasteiger partial charge on any atom is -0.347 e. The predicted octanol–water partition coefficient (Wildman–Crippen LogP) is 9.11. The first-order chi connectivity index (χ1) is 19.3. The maximum Gasteiger partial charge on any atom is 0.125 e. The van der Waals surface area contributed by atoms with Crippen LogP contribution >= 0.6 is 0 Å². The quantitative estimate of drug-likeness (QED) is 0.249. The van der Waals surface area contributed by atoms with Gasteiger partial charge in [-0.25, -0.2) is 0 Å². The lowest BCUT2D eigenvalue weighted by Gasteiger charge is -2.29. The van der Waals surface area contributed by atoms with Crippen LogP contribution in [0, 0.1) is 0 Å². The van der Waals surface area contributed by atoms with Crippen LogP contribution in [0.2, 0.25) is 0 Å². The Bertz CT molecular complexity index is 1910. The smallest absolute Gasteiger partial charge is 0.125 e. The molecule has 4 aromatic carbocycles. The highest BCUT2D eigenvalue weighted by molar-refractivity contribution is 6.08. The second-order valence-electron chi connectivity index (χ2n) is 9.87. The van der Waals surface area contributed by atoms with Crippen LogP contribution in [0.25, 0.3) is 56.3 Å². The SMILES string of the molecule is C=Cc1c(/C=C\C)n(C2=CC(c3ccccc3)=C[C@H](n3c4ccccc4c4ccccc43)N2)c2ccccc12. The van der Waals surface area contributed by atoms with Gasteiger partial charge in [-0.05, 0) is 54.5 Å². The van der Waals surface area contributed by atoms with Crippen molar-refractivity contribution in [3.63, 3.8) is 0 Å². The molecule has 0 radical (unpaired) electrons. The molecule has 0 aliphatic carbocycles. The summed E-state index contributed by atoms with van der Waals surface area (Å²) in [5.41, 5.74) is 8.18. The maximum absolute atomic E-state index is 4.17. The van der Waals surface area contributed by atoms with E-state index in [1.54, 1.807) is 0 Å². The van der Waals surface area contributed by atoms with Crippen molar-refractivity contribution in [1.82, 2.24) is 14.5 Å². The topological polar surface area (TPSA) is 21.9 Å². The van der Waals surface area contributed by atoms with Crippen LogP contribution in [-0.2, 0) is 0 Å². The molecule has 188 valence electrons. The fourth-order valence-electron chi connectivity index (χ4n) is 6.01. The van der Waals surface area contributed by atoms with Crippen molar-refractivity contribution >= 4 is 56.3 Å². The molecular formula is C36H29N3. The molecule has 0 saturated carbocycles. The van der Waals surface area contributed by atoms with Crippen molar-refractivity contribution in [2.24, 2.45) is 0 Å². The van der Waals surface area contributed by atoms with Crippen LogP contribution in [0.5, 0.6) is 0 Å². The fourth-order valence-corrected chi connectivity index (χ4v) is 6.01. The molecule has 1 aliphatic rings. The summed E-state index contributed by atoms with van der Waals surface area (Å²) in [5.74, 6) is 1.03. The lowest BCUT2D eigenvalue weighted by molar-refractivity contribution is 0.577. The molecule has 0 fully saturated rings. The summed E-state index contributed by atoms with van der Waals surface area (Å²) in [6.45, 7) is 6.23. The Labute approximate surface area is 228 Å². The highest BCUT2D eigenvalue weighted by Crippen LogP contribution is 2.38. The van der Waals surface area contributed by atoms with E-state index in [0.29, 0.717) is 0 Å². The van der Waals surface area contributed by atoms with Gasteiger partial charge in [-0.15, -0.1) is 0 Å². The van der Waals surface area contributed by atoms with Crippen molar-refractivity contribution in [3.05, 3.63) is 145 Å². The summed E-state index contributed by atoms with van der Waals surface area (Å²) < 4.78 is 4.76. The molecular weight excluding hydrogens is 474 g/mol. The third-order valence-electron chi connectivity index (χ3n) is 7.65. The molecule has 1 N–H and O–H groups in total. The number of nitrogens with zero attached hydrogens (tertiary/aromatic N) is 2. The molecule has 0 bridgehead atoms. The van der Waals surface area contributed by atoms with Gasteiger partial charge in [-0.2, -0.15) is 0 Å². The predicted molar refractivity (Wildman–Crippen MR) is 167 cm³/mol. The fraction of sp³-hybridized carbons (Fsp3) is 0.0556. The van der Waals surface area contributed by atoms with Crippen LogP contribution in [-0.4, -0.2) is 9.13 Å². The number of allylic oxidation sites excluding steroid dienone is 3. The van der Waals surface area contributed by atoms with E-state index in [0.717, 1.165) is 22.6 Å². The molecule has 0 unspecified atom stereocenters. The molecule has 6 aromatic rings.